The van der Waals surface area contributed by atoms with E-state index in [0.29, 0.717) is 37.5 Å². The molecule has 5 atom stereocenters. The number of phosphoric ester groups is 2. The summed E-state index contributed by atoms with van der Waals surface area (Å²) < 4.78 is 68.7. The van der Waals surface area contributed by atoms with Crippen molar-refractivity contribution < 1.29 is 80.2 Å². The van der Waals surface area contributed by atoms with Crippen LogP contribution in [-0.2, 0) is 65.4 Å². The van der Waals surface area contributed by atoms with Crippen LogP contribution in [0.4, 0.5) is 0 Å². The van der Waals surface area contributed by atoms with Crippen LogP contribution < -0.4 is 0 Å². The van der Waals surface area contributed by atoms with Crippen LogP contribution >= 0.6 is 15.6 Å². The van der Waals surface area contributed by atoms with Crippen molar-refractivity contribution in [2.45, 2.75) is 452 Å². The fraction of sp³-hybridized carbons (Fsp3) is 0.952. The first kappa shape index (κ1) is 100. The van der Waals surface area contributed by atoms with Gasteiger partial charge >= 0.3 is 39.5 Å². The maximum atomic E-state index is 13.1. The quantitative estimate of drug-likeness (QED) is 0.0222. The minimum absolute atomic E-state index is 0.103. The third-order valence-electron chi connectivity index (χ3n) is 19.4. The zero-order chi connectivity index (χ0) is 75.1. The molecule has 2 unspecified atom stereocenters. The van der Waals surface area contributed by atoms with E-state index in [1.54, 1.807) is 0 Å². The first-order valence-electron chi connectivity index (χ1n) is 42.8. The Bertz CT molecular complexity index is 1970. The van der Waals surface area contributed by atoms with Crippen LogP contribution in [0.3, 0.4) is 0 Å². The van der Waals surface area contributed by atoms with Crippen molar-refractivity contribution in [1.29, 1.82) is 0 Å². The first-order valence-corrected chi connectivity index (χ1v) is 45.8. The molecule has 0 aromatic heterocycles. The summed E-state index contributed by atoms with van der Waals surface area (Å²) in [5.74, 6) is 0.106. The Hall–Kier alpha value is -1.94. The molecule has 0 heterocycles. The molecule has 0 aliphatic heterocycles. The first-order chi connectivity index (χ1) is 49.2. The smallest absolute Gasteiger partial charge is 0.462 e. The zero-order valence-corrected chi connectivity index (χ0v) is 68.9. The van der Waals surface area contributed by atoms with E-state index in [-0.39, 0.29) is 25.7 Å². The van der Waals surface area contributed by atoms with E-state index >= 15 is 0 Å². The van der Waals surface area contributed by atoms with E-state index in [0.717, 1.165) is 102 Å². The van der Waals surface area contributed by atoms with Gasteiger partial charge in [-0.25, -0.2) is 9.13 Å². The second kappa shape index (κ2) is 73.2. The van der Waals surface area contributed by atoms with Gasteiger partial charge in [0.1, 0.15) is 19.3 Å². The molecule has 0 radical (unpaired) electrons. The molecule has 0 aromatic carbocycles. The third-order valence-corrected chi connectivity index (χ3v) is 21.3. The van der Waals surface area contributed by atoms with E-state index < -0.39 is 97.5 Å². The highest BCUT2D eigenvalue weighted by Gasteiger charge is 2.30. The van der Waals surface area contributed by atoms with Crippen molar-refractivity contribution in [2.24, 2.45) is 17.8 Å². The summed E-state index contributed by atoms with van der Waals surface area (Å²) in [5, 5.41) is 10.6. The van der Waals surface area contributed by atoms with Gasteiger partial charge in [-0.3, -0.25) is 37.3 Å². The van der Waals surface area contributed by atoms with Crippen LogP contribution in [0.15, 0.2) is 0 Å². The molecule has 0 spiro atoms. The van der Waals surface area contributed by atoms with Crippen LogP contribution in [0.2, 0.25) is 0 Å². The molecule has 0 saturated carbocycles. The van der Waals surface area contributed by atoms with Crippen LogP contribution in [0.25, 0.3) is 0 Å². The van der Waals surface area contributed by atoms with Gasteiger partial charge in [-0.15, -0.1) is 0 Å². The molecule has 0 saturated heterocycles. The van der Waals surface area contributed by atoms with Gasteiger partial charge in [-0.2, -0.15) is 0 Å². The Morgan fingerprint density at radius 2 is 0.451 bits per heavy atom. The van der Waals surface area contributed by atoms with Gasteiger partial charge < -0.3 is 33.8 Å². The molecule has 0 aromatic rings. The standard InChI is InChI=1S/C83H162O17P2/c1-8-9-10-11-12-13-14-15-16-17-18-19-20-24-27-30-33-36-43-50-57-64-80(85)93-70-78(99-82(87)66-59-52-44-37-34-31-28-25-22-21-23-26-29-32-35-40-47-54-61-74(2)3)72-97-101(89,90)95-68-77(84)69-96-102(91,92)98-73-79(100-83(88)67-60-53-46-39-42-49-56-63-76(6)7)71-94-81(86)65-58-51-45-38-41-48-55-62-75(4)5/h74-79,84H,8-73H2,1-7H3,(H,89,90)(H,91,92)/t77-,78-,79-/m1/s1. The second-order valence-electron chi connectivity index (χ2n) is 31.3. The predicted octanol–water partition coefficient (Wildman–Crippen LogP) is 24.9. The summed E-state index contributed by atoms with van der Waals surface area (Å²) in [5.41, 5.74) is 0. The lowest BCUT2D eigenvalue weighted by Crippen LogP contribution is -2.30. The van der Waals surface area contributed by atoms with E-state index in [1.165, 1.54) is 238 Å². The molecular formula is C83H162O17P2. The molecule has 17 nitrogen and oxygen atoms in total. The Morgan fingerprint density at radius 1 is 0.265 bits per heavy atom. The fourth-order valence-corrected chi connectivity index (χ4v) is 14.4. The minimum Gasteiger partial charge on any atom is -0.462 e. The summed E-state index contributed by atoms with van der Waals surface area (Å²) in [6.07, 6.45) is 63.0. The van der Waals surface area contributed by atoms with Gasteiger partial charge in [-0.1, -0.05) is 382 Å². The molecule has 0 fully saturated rings. The number of aliphatic hydroxyl groups is 1. The number of unbranched alkanes of at least 4 members (excludes halogenated alkanes) is 49. The Kier molecular flexibility index (Phi) is 71.8. The van der Waals surface area contributed by atoms with Crippen molar-refractivity contribution in [2.75, 3.05) is 39.6 Å². The van der Waals surface area contributed by atoms with Crippen LogP contribution in [0, 0.1) is 17.8 Å². The van der Waals surface area contributed by atoms with Gasteiger partial charge in [0.25, 0.3) is 0 Å². The second-order valence-corrected chi connectivity index (χ2v) is 34.2. The number of rotatable bonds is 81. The van der Waals surface area contributed by atoms with Crippen LogP contribution in [0.1, 0.15) is 434 Å². The maximum absolute atomic E-state index is 13.1. The number of phosphoric acid groups is 2. The summed E-state index contributed by atoms with van der Waals surface area (Å²) >= 11 is 0. The third kappa shape index (κ3) is 76.3. The summed E-state index contributed by atoms with van der Waals surface area (Å²) in [6.45, 7) is 11.9. The number of aliphatic hydroxyl groups excluding tert-OH is 1. The van der Waals surface area contributed by atoms with E-state index in [1.807, 2.05) is 0 Å². The maximum Gasteiger partial charge on any atom is 0.472 e. The van der Waals surface area contributed by atoms with Crippen molar-refractivity contribution >= 4 is 39.5 Å². The average molecular weight is 1490 g/mol. The highest BCUT2D eigenvalue weighted by molar-refractivity contribution is 7.47. The van der Waals surface area contributed by atoms with Crippen LogP contribution in [0.5, 0.6) is 0 Å². The molecule has 0 rings (SSSR count). The van der Waals surface area contributed by atoms with E-state index in [4.69, 9.17) is 37.0 Å². The highest BCUT2D eigenvalue weighted by Crippen LogP contribution is 2.45. The Morgan fingerprint density at radius 3 is 0.667 bits per heavy atom. The molecule has 0 aliphatic carbocycles. The predicted molar refractivity (Wildman–Crippen MR) is 418 cm³/mol. The number of hydrogen-bond donors (Lipinski definition) is 3. The molecule has 102 heavy (non-hydrogen) atoms. The van der Waals surface area contributed by atoms with Gasteiger partial charge in [-0.05, 0) is 43.4 Å². The minimum atomic E-state index is -4.96. The lowest BCUT2D eigenvalue weighted by Gasteiger charge is -2.21. The van der Waals surface area contributed by atoms with Crippen molar-refractivity contribution in [1.82, 2.24) is 0 Å². The summed E-state index contributed by atoms with van der Waals surface area (Å²) in [6, 6.07) is 0. The molecule has 3 N–H and O–H groups in total. The normalized spacial score (nSPS) is 13.9. The lowest BCUT2D eigenvalue weighted by atomic mass is 10.0. The van der Waals surface area contributed by atoms with Crippen molar-refractivity contribution in [3.05, 3.63) is 0 Å². The number of carbonyl (C=O) groups excluding carboxylic acids is 4. The topological polar surface area (TPSA) is 237 Å². The van der Waals surface area contributed by atoms with Crippen LogP contribution in [-0.4, -0.2) is 96.7 Å². The Labute approximate surface area is 626 Å². The fourth-order valence-electron chi connectivity index (χ4n) is 12.8. The largest absolute Gasteiger partial charge is 0.472 e. The molecule has 19 heteroatoms. The summed E-state index contributed by atoms with van der Waals surface area (Å²) in [4.78, 5) is 73.0. The monoisotopic (exact) mass is 1490 g/mol. The SMILES string of the molecule is CCCCCCCCCCCCCCCCCCCCCCCC(=O)OC[C@H](COP(=O)(O)OC[C@@H](O)COP(=O)(O)OC[C@@H](COC(=O)CCCCCCCCCC(C)C)OC(=O)CCCCCCCCCC(C)C)OC(=O)CCCCCCCCCCCCCCCCCCCCC(C)C. The summed E-state index contributed by atoms with van der Waals surface area (Å²) in [7, 11) is -9.92. The van der Waals surface area contributed by atoms with E-state index in [9.17, 15) is 43.2 Å². The van der Waals surface area contributed by atoms with E-state index in [2.05, 4.69) is 48.5 Å². The van der Waals surface area contributed by atoms with Gasteiger partial charge in [0, 0.05) is 25.7 Å². The van der Waals surface area contributed by atoms with Gasteiger partial charge in [0.2, 0.25) is 0 Å². The Balaban J connectivity index is 5.18. The zero-order valence-electron chi connectivity index (χ0n) is 67.1. The highest BCUT2D eigenvalue weighted by atomic mass is 31.2. The number of ether oxygens (including phenoxy) is 4. The van der Waals surface area contributed by atoms with Gasteiger partial charge in [0.05, 0.1) is 26.4 Å². The van der Waals surface area contributed by atoms with Crippen molar-refractivity contribution in [3.8, 4) is 0 Å². The number of hydrogen-bond acceptors (Lipinski definition) is 15. The molecular weight excluding hydrogens is 1330 g/mol. The molecule has 0 aliphatic rings. The average Bonchev–Trinajstić information content (AvgIpc) is 0.916. The number of carbonyl (C=O) groups is 4. The molecule has 0 bridgehead atoms. The lowest BCUT2D eigenvalue weighted by molar-refractivity contribution is -0.161. The van der Waals surface area contributed by atoms with Gasteiger partial charge in [0.15, 0.2) is 12.2 Å². The molecule has 606 valence electrons. The molecule has 0 amide bonds. The van der Waals surface area contributed by atoms with Crippen molar-refractivity contribution in [3.63, 3.8) is 0 Å². The number of esters is 4.